The molecule has 0 saturated carbocycles. The second-order valence-electron chi connectivity index (χ2n) is 15.2. The first-order chi connectivity index (χ1) is 27.7. The van der Waals surface area contributed by atoms with Gasteiger partial charge < -0.3 is 29.2 Å². The van der Waals surface area contributed by atoms with Crippen molar-refractivity contribution in [2.45, 2.75) is 151 Å². The van der Waals surface area contributed by atoms with Gasteiger partial charge in [0.25, 0.3) is 0 Å². The number of benzene rings is 3. The highest BCUT2D eigenvalue weighted by Crippen LogP contribution is 2.42. The van der Waals surface area contributed by atoms with Crippen molar-refractivity contribution in [3.63, 3.8) is 0 Å². The van der Waals surface area contributed by atoms with E-state index in [1.165, 1.54) is 25.7 Å². The minimum atomic E-state index is 0.0341. The lowest BCUT2D eigenvalue weighted by Gasteiger charge is -2.19. The van der Waals surface area contributed by atoms with Gasteiger partial charge in [0.1, 0.15) is 34.5 Å². The highest BCUT2D eigenvalue weighted by molar-refractivity contribution is 5.77. The van der Waals surface area contributed by atoms with E-state index in [0.717, 1.165) is 88.4 Å². The van der Waals surface area contributed by atoms with Gasteiger partial charge in [-0.1, -0.05) is 105 Å². The van der Waals surface area contributed by atoms with E-state index in [-0.39, 0.29) is 23.1 Å². The predicted octanol–water partition coefficient (Wildman–Crippen LogP) is 13.0. The van der Waals surface area contributed by atoms with Crippen molar-refractivity contribution in [1.82, 2.24) is 15.0 Å². The molecule has 0 bridgehead atoms. The van der Waals surface area contributed by atoms with Crippen molar-refractivity contribution in [3.05, 3.63) is 53.1 Å². The molecular weight excluding hydrogens is 715 g/mol. The third-order valence-electron chi connectivity index (χ3n) is 10.5. The third kappa shape index (κ3) is 13.0. The number of aromatic nitrogens is 3. The predicted molar refractivity (Wildman–Crippen MR) is 232 cm³/mol. The van der Waals surface area contributed by atoms with Crippen LogP contribution in [0.2, 0.25) is 0 Å². The Kier molecular flexibility index (Phi) is 19.2. The van der Waals surface area contributed by atoms with Crippen molar-refractivity contribution < 1.29 is 29.2 Å². The summed E-state index contributed by atoms with van der Waals surface area (Å²) in [6.07, 6.45) is 17.5. The van der Waals surface area contributed by atoms with Crippen LogP contribution in [0, 0.1) is 20.8 Å². The monoisotopic (exact) mass is 784 g/mol. The molecular formula is C48H69N3O6. The van der Waals surface area contributed by atoms with Gasteiger partial charge in [0.05, 0.1) is 43.1 Å². The Morgan fingerprint density at radius 2 is 0.702 bits per heavy atom. The second kappa shape index (κ2) is 24.3. The van der Waals surface area contributed by atoms with Crippen LogP contribution in [0.4, 0.5) is 0 Å². The lowest BCUT2D eigenvalue weighted by atomic mass is 10.0. The number of rotatable bonds is 27. The van der Waals surface area contributed by atoms with E-state index in [1.807, 2.05) is 45.0 Å². The van der Waals surface area contributed by atoms with Gasteiger partial charge in [-0.2, -0.15) is 0 Å². The van der Waals surface area contributed by atoms with Crippen LogP contribution in [0.1, 0.15) is 147 Å². The molecule has 0 radical (unpaired) electrons. The highest BCUT2D eigenvalue weighted by atomic mass is 16.5. The smallest absolute Gasteiger partial charge is 0.167 e. The molecule has 0 fully saturated rings. The van der Waals surface area contributed by atoms with Gasteiger partial charge in [0, 0.05) is 16.7 Å². The molecule has 57 heavy (non-hydrogen) atoms. The number of hydrogen-bond donors (Lipinski definition) is 2. The number of phenolic OH excluding ortho intramolecular Hbond substituents is 2. The number of aromatic hydroxyl groups is 2. The lowest BCUT2D eigenvalue weighted by molar-refractivity contribution is 0.287. The molecule has 312 valence electrons. The minimum absolute atomic E-state index is 0.0341. The molecule has 2 N–H and O–H groups in total. The summed E-state index contributed by atoms with van der Waals surface area (Å²) in [7, 11) is 0. The molecule has 9 heteroatoms. The molecule has 1 heterocycles. The van der Waals surface area contributed by atoms with E-state index in [2.05, 4.69) is 27.7 Å². The van der Waals surface area contributed by atoms with Gasteiger partial charge in [-0.15, -0.1) is 0 Å². The summed E-state index contributed by atoms with van der Waals surface area (Å²) in [5.74, 6) is 3.63. The van der Waals surface area contributed by atoms with E-state index in [9.17, 15) is 10.2 Å². The van der Waals surface area contributed by atoms with E-state index in [1.54, 1.807) is 12.1 Å². The van der Waals surface area contributed by atoms with Crippen LogP contribution in [0.3, 0.4) is 0 Å². The van der Waals surface area contributed by atoms with E-state index < -0.39 is 0 Å². The quantitative estimate of drug-likeness (QED) is 0.0570. The molecule has 4 aromatic rings. The maximum atomic E-state index is 11.6. The number of hydrogen-bond acceptors (Lipinski definition) is 9. The first-order valence-corrected chi connectivity index (χ1v) is 21.8. The van der Waals surface area contributed by atoms with Crippen molar-refractivity contribution in [2.24, 2.45) is 0 Å². The van der Waals surface area contributed by atoms with Crippen LogP contribution in [0.5, 0.6) is 34.5 Å². The summed E-state index contributed by atoms with van der Waals surface area (Å²) < 4.78 is 25.1. The SMILES string of the molecule is CCCCCCOc1ccc(-c2nc(-c3ccc(OCCCCCC)c(C)c3O)nc(-c3ccc(OCCCCCC)c(C)c3OCCCCCC)n2)c(O)c1C. The average Bonchev–Trinajstić information content (AvgIpc) is 3.21. The Morgan fingerprint density at radius 1 is 0.386 bits per heavy atom. The Labute approximate surface area is 342 Å². The molecule has 3 aromatic carbocycles. The zero-order chi connectivity index (χ0) is 41.0. The van der Waals surface area contributed by atoms with Gasteiger partial charge in [-0.25, -0.2) is 15.0 Å². The fraction of sp³-hybridized carbons (Fsp3) is 0.562. The average molecular weight is 784 g/mol. The summed E-state index contributed by atoms with van der Waals surface area (Å²) in [5, 5.41) is 23.3. The largest absolute Gasteiger partial charge is 0.507 e. The van der Waals surface area contributed by atoms with Crippen LogP contribution in [-0.2, 0) is 0 Å². The molecule has 0 unspecified atom stereocenters. The summed E-state index contributed by atoms with van der Waals surface area (Å²) in [4.78, 5) is 14.9. The minimum Gasteiger partial charge on any atom is -0.507 e. The maximum absolute atomic E-state index is 11.6. The first kappa shape index (κ1) is 45.2. The maximum Gasteiger partial charge on any atom is 0.167 e. The van der Waals surface area contributed by atoms with Crippen LogP contribution >= 0.6 is 0 Å². The van der Waals surface area contributed by atoms with Gasteiger partial charge in [0.15, 0.2) is 17.5 Å². The van der Waals surface area contributed by atoms with E-state index in [0.29, 0.717) is 77.3 Å². The van der Waals surface area contributed by atoms with Crippen molar-refractivity contribution >= 4 is 0 Å². The molecule has 0 amide bonds. The number of unbranched alkanes of at least 4 members (excludes halogenated alkanes) is 12. The van der Waals surface area contributed by atoms with Crippen molar-refractivity contribution in [3.8, 4) is 68.7 Å². The summed E-state index contributed by atoms with van der Waals surface area (Å²) in [5.41, 5.74) is 3.64. The van der Waals surface area contributed by atoms with Gasteiger partial charge >= 0.3 is 0 Å². The standard InChI is InChI=1S/C48H69N3O6/c1-8-12-16-20-30-54-40-27-24-37(43(52)34(40)5)46-49-47(38-25-28-41(35(6)44(38)53)55-31-21-17-13-9-2)51-48(50-46)39-26-29-42(56-32-22-18-14-10-3)36(7)45(39)57-33-23-19-15-11-4/h24-29,52-53H,8-23,30-33H2,1-7H3. The molecule has 4 rings (SSSR count). The fourth-order valence-corrected chi connectivity index (χ4v) is 6.80. The number of nitrogens with zero attached hydrogens (tertiary/aromatic N) is 3. The molecule has 0 aliphatic heterocycles. The normalized spacial score (nSPS) is 11.2. The summed E-state index contributed by atoms with van der Waals surface area (Å²) in [6, 6.07) is 11.2. The molecule has 1 aromatic heterocycles. The first-order valence-electron chi connectivity index (χ1n) is 21.8. The molecule has 0 aliphatic carbocycles. The van der Waals surface area contributed by atoms with Gasteiger partial charge in [-0.05, 0) is 82.9 Å². The Morgan fingerprint density at radius 3 is 1.07 bits per heavy atom. The van der Waals surface area contributed by atoms with Crippen LogP contribution in [0.25, 0.3) is 34.2 Å². The third-order valence-corrected chi connectivity index (χ3v) is 10.5. The Bertz CT molecular complexity index is 1740. The zero-order valence-corrected chi connectivity index (χ0v) is 36.0. The van der Waals surface area contributed by atoms with Crippen molar-refractivity contribution in [2.75, 3.05) is 26.4 Å². The van der Waals surface area contributed by atoms with E-state index in [4.69, 9.17) is 33.9 Å². The summed E-state index contributed by atoms with van der Waals surface area (Å²) >= 11 is 0. The van der Waals surface area contributed by atoms with Crippen molar-refractivity contribution in [1.29, 1.82) is 0 Å². The second-order valence-corrected chi connectivity index (χ2v) is 15.2. The molecule has 0 saturated heterocycles. The molecule has 0 spiro atoms. The van der Waals surface area contributed by atoms with Crippen LogP contribution < -0.4 is 18.9 Å². The highest BCUT2D eigenvalue weighted by Gasteiger charge is 2.23. The molecule has 0 aliphatic rings. The Hall–Kier alpha value is -4.53. The van der Waals surface area contributed by atoms with Gasteiger partial charge in [0.2, 0.25) is 0 Å². The number of phenols is 2. The van der Waals surface area contributed by atoms with Crippen LogP contribution in [-0.4, -0.2) is 51.6 Å². The lowest BCUT2D eigenvalue weighted by Crippen LogP contribution is -2.07. The molecule has 0 atom stereocenters. The Balaban J connectivity index is 1.82. The fourth-order valence-electron chi connectivity index (χ4n) is 6.80. The summed E-state index contributed by atoms with van der Waals surface area (Å²) in [6.45, 7) is 16.8. The van der Waals surface area contributed by atoms with Gasteiger partial charge in [-0.3, -0.25) is 0 Å². The zero-order valence-electron chi connectivity index (χ0n) is 36.0. The van der Waals surface area contributed by atoms with Crippen LogP contribution in [0.15, 0.2) is 36.4 Å². The molecule has 9 nitrogen and oxygen atoms in total. The number of ether oxygens (including phenoxy) is 4. The van der Waals surface area contributed by atoms with E-state index >= 15 is 0 Å². The topological polar surface area (TPSA) is 116 Å².